The maximum atomic E-state index is 13.0. The molecule has 27 heavy (non-hydrogen) atoms. The van der Waals surface area contributed by atoms with Crippen LogP contribution in [0.3, 0.4) is 0 Å². The van der Waals surface area contributed by atoms with Gasteiger partial charge in [0, 0.05) is 0 Å². The zero-order valence-electron chi connectivity index (χ0n) is 14.7. The molecule has 1 heterocycles. The Kier molecular flexibility index (Phi) is 6.38. The summed E-state index contributed by atoms with van der Waals surface area (Å²) in [6.45, 7) is 2.94. The van der Waals surface area contributed by atoms with E-state index in [2.05, 4.69) is 15.8 Å². The highest BCUT2D eigenvalue weighted by molar-refractivity contribution is 5.96. The van der Waals surface area contributed by atoms with Gasteiger partial charge in [0.05, 0.1) is 13.0 Å². The minimum Gasteiger partial charge on any atom is -0.462 e. The van der Waals surface area contributed by atoms with Crippen LogP contribution in [0.1, 0.15) is 34.1 Å². The van der Waals surface area contributed by atoms with Gasteiger partial charge in [-0.25, -0.2) is 9.78 Å². The van der Waals surface area contributed by atoms with Crippen molar-refractivity contribution in [2.24, 2.45) is 0 Å². The molecule has 0 bridgehead atoms. The number of benzene rings is 1. The van der Waals surface area contributed by atoms with Gasteiger partial charge < -0.3 is 4.74 Å². The van der Waals surface area contributed by atoms with Gasteiger partial charge in [0.2, 0.25) is 5.91 Å². The summed E-state index contributed by atoms with van der Waals surface area (Å²) in [6, 6.07) is 9.52. The Morgan fingerprint density at radius 3 is 2.44 bits per heavy atom. The lowest BCUT2D eigenvalue weighted by molar-refractivity contribution is -0.141. The van der Waals surface area contributed by atoms with Crippen LogP contribution >= 0.6 is 0 Å². The number of carbonyl (C=O) groups excluding carboxylic acids is 2. The number of carbonyl (C=O) groups is 2. The fourth-order valence-electron chi connectivity index (χ4n) is 2.32. The molecule has 2 N–H and O–H groups in total. The first-order valence-electron chi connectivity index (χ1n) is 8.07. The third kappa shape index (κ3) is 5.44. The van der Waals surface area contributed by atoms with Gasteiger partial charge in [0.25, 0.3) is 0 Å². The first-order chi connectivity index (χ1) is 12.7. The molecule has 2 rings (SSSR count). The number of ether oxygens (including phenoxy) is 1. The predicted molar refractivity (Wildman–Crippen MR) is 91.8 cm³/mol. The van der Waals surface area contributed by atoms with E-state index in [0.717, 1.165) is 11.6 Å². The molecular formula is C18H18F3N3O3. The molecule has 0 aliphatic carbocycles. The third-order valence-electron chi connectivity index (χ3n) is 3.51. The van der Waals surface area contributed by atoms with Crippen molar-refractivity contribution >= 4 is 17.7 Å². The largest absolute Gasteiger partial charge is 0.462 e. The zero-order valence-corrected chi connectivity index (χ0v) is 14.7. The summed E-state index contributed by atoms with van der Waals surface area (Å²) in [4.78, 5) is 27.5. The molecule has 0 spiro atoms. The Morgan fingerprint density at radius 1 is 1.19 bits per heavy atom. The summed E-state index contributed by atoms with van der Waals surface area (Å²) in [6.07, 6.45) is -4.71. The van der Waals surface area contributed by atoms with Crippen LogP contribution in [0.4, 0.5) is 19.0 Å². The Balaban J connectivity index is 2.25. The maximum absolute atomic E-state index is 13.0. The van der Waals surface area contributed by atoms with E-state index in [1.807, 2.05) is 0 Å². The molecule has 0 saturated heterocycles. The second kappa shape index (κ2) is 8.52. The Labute approximate surface area is 153 Å². The molecule has 1 aromatic heterocycles. The van der Waals surface area contributed by atoms with E-state index in [1.165, 1.54) is 6.92 Å². The number of pyridine rings is 1. The van der Waals surface area contributed by atoms with E-state index in [0.29, 0.717) is 0 Å². The lowest BCUT2D eigenvalue weighted by atomic mass is 10.1. The number of rotatable bonds is 6. The van der Waals surface area contributed by atoms with Crippen molar-refractivity contribution in [3.63, 3.8) is 0 Å². The molecule has 0 aliphatic rings. The average Bonchev–Trinajstić information content (AvgIpc) is 2.59. The molecule has 1 aromatic carbocycles. The van der Waals surface area contributed by atoms with E-state index in [9.17, 15) is 22.8 Å². The number of hydrazine groups is 1. The van der Waals surface area contributed by atoms with Gasteiger partial charge in [0.15, 0.2) is 5.82 Å². The van der Waals surface area contributed by atoms with Crippen molar-refractivity contribution in [2.75, 3.05) is 12.0 Å². The van der Waals surface area contributed by atoms with E-state index in [-0.39, 0.29) is 24.2 Å². The van der Waals surface area contributed by atoms with Crippen LogP contribution in [0.2, 0.25) is 0 Å². The number of hydrogen-bond acceptors (Lipinski definition) is 5. The van der Waals surface area contributed by atoms with Crippen LogP contribution in [-0.4, -0.2) is 23.5 Å². The van der Waals surface area contributed by atoms with Crippen molar-refractivity contribution in [3.05, 3.63) is 58.8 Å². The molecule has 0 unspecified atom stereocenters. The number of aryl methyl sites for hydroxylation is 1. The number of esters is 1. The van der Waals surface area contributed by atoms with Crippen LogP contribution in [0.25, 0.3) is 0 Å². The van der Waals surface area contributed by atoms with E-state index in [1.54, 1.807) is 37.3 Å². The van der Waals surface area contributed by atoms with Gasteiger partial charge >= 0.3 is 12.1 Å². The highest BCUT2D eigenvalue weighted by Crippen LogP contribution is 2.31. The van der Waals surface area contributed by atoms with Crippen LogP contribution in [0.15, 0.2) is 36.4 Å². The number of anilines is 1. The van der Waals surface area contributed by atoms with Crippen LogP contribution in [0.5, 0.6) is 0 Å². The number of nitrogens with zero attached hydrogens (tertiary/aromatic N) is 1. The van der Waals surface area contributed by atoms with Crippen molar-refractivity contribution in [1.29, 1.82) is 0 Å². The first-order valence-corrected chi connectivity index (χ1v) is 8.07. The summed E-state index contributed by atoms with van der Waals surface area (Å²) in [5.41, 5.74) is 3.96. The third-order valence-corrected chi connectivity index (χ3v) is 3.51. The lowest BCUT2D eigenvalue weighted by Gasteiger charge is -2.16. The van der Waals surface area contributed by atoms with Gasteiger partial charge in [0.1, 0.15) is 11.3 Å². The summed E-state index contributed by atoms with van der Waals surface area (Å²) in [7, 11) is 0. The minimum atomic E-state index is -4.71. The summed E-state index contributed by atoms with van der Waals surface area (Å²) >= 11 is 0. The van der Waals surface area contributed by atoms with Crippen LogP contribution < -0.4 is 10.9 Å². The Bertz CT molecular complexity index is 824. The molecular weight excluding hydrogens is 363 g/mol. The number of amides is 1. The van der Waals surface area contributed by atoms with Crippen LogP contribution in [-0.2, 0) is 22.1 Å². The highest BCUT2D eigenvalue weighted by Gasteiger charge is 2.34. The average molecular weight is 381 g/mol. The highest BCUT2D eigenvalue weighted by atomic mass is 19.4. The molecule has 9 heteroatoms. The van der Waals surface area contributed by atoms with Gasteiger partial charge in [-0.15, -0.1) is 0 Å². The lowest BCUT2D eigenvalue weighted by Crippen LogP contribution is -2.32. The summed E-state index contributed by atoms with van der Waals surface area (Å²) in [5.74, 6) is -1.77. The van der Waals surface area contributed by atoms with E-state index in [4.69, 9.17) is 4.74 Å². The number of aromatic nitrogens is 1. The quantitative estimate of drug-likeness (QED) is 0.593. The van der Waals surface area contributed by atoms with Gasteiger partial charge in [-0.1, -0.05) is 30.3 Å². The number of nitrogens with one attached hydrogen (secondary N) is 2. The molecule has 0 aliphatic heterocycles. The maximum Gasteiger partial charge on any atom is 0.433 e. The van der Waals surface area contributed by atoms with E-state index >= 15 is 0 Å². The van der Waals surface area contributed by atoms with Crippen molar-refractivity contribution < 1.29 is 27.5 Å². The van der Waals surface area contributed by atoms with Crippen molar-refractivity contribution in [3.8, 4) is 0 Å². The minimum absolute atomic E-state index is 0.000519. The number of alkyl halides is 3. The zero-order chi connectivity index (χ0) is 20.0. The standard InChI is InChI=1S/C18H18F3N3O3/c1-3-27-17(26)15-11(2)9-13(18(19,20)21)22-16(15)24-23-14(25)10-12-7-5-4-6-8-12/h4-9H,3,10H2,1-2H3,(H,22,24)(H,23,25). The SMILES string of the molecule is CCOC(=O)c1c(C)cc(C(F)(F)F)nc1NNC(=O)Cc1ccccc1. The van der Waals surface area contributed by atoms with Gasteiger partial charge in [-0.3, -0.25) is 15.6 Å². The predicted octanol–water partition coefficient (Wildman–Crippen LogP) is 3.27. The smallest absolute Gasteiger partial charge is 0.433 e. The van der Waals surface area contributed by atoms with Gasteiger partial charge in [-0.2, -0.15) is 13.2 Å². The fraction of sp³-hybridized carbons (Fsp3) is 0.278. The molecule has 0 fully saturated rings. The normalized spacial score (nSPS) is 11.0. The van der Waals surface area contributed by atoms with Crippen molar-refractivity contribution in [1.82, 2.24) is 10.4 Å². The summed E-state index contributed by atoms with van der Waals surface area (Å²) in [5, 5.41) is 0. The fourth-order valence-corrected chi connectivity index (χ4v) is 2.32. The second-order valence-electron chi connectivity index (χ2n) is 5.60. The molecule has 6 nitrogen and oxygen atoms in total. The molecule has 144 valence electrons. The Morgan fingerprint density at radius 2 is 1.85 bits per heavy atom. The number of hydrogen-bond donors (Lipinski definition) is 2. The topological polar surface area (TPSA) is 80.3 Å². The molecule has 0 radical (unpaired) electrons. The molecule has 1 amide bonds. The van der Waals surface area contributed by atoms with Crippen LogP contribution in [0, 0.1) is 6.92 Å². The first kappa shape index (κ1) is 20.2. The summed E-state index contributed by atoms with van der Waals surface area (Å²) < 4.78 is 43.9. The van der Waals surface area contributed by atoms with Crippen molar-refractivity contribution in [2.45, 2.75) is 26.4 Å². The Hall–Kier alpha value is -3.10. The molecule has 2 aromatic rings. The molecule has 0 atom stereocenters. The monoisotopic (exact) mass is 381 g/mol. The number of halogens is 3. The molecule has 0 saturated carbocycles. The van der Waals surface area contributed by atoms with E-state index < -0.39 is 29.6 Å². The van der Waals surface area contributed by atoms with Gasteiger partial charge in [-0.05, 0) is 31.0 Å². The second-order valence-corrected chi connectivity index (χ2v) is 5.60.